The van der Waals surface area contributed by atoms with Gasteiger partial charge in [0.1, 0.15) is 5.75 Å². The molecule has 0 bridgehead atoms. The minimum Gasteiger partial charge on any atom is -0.507 e. The Labute approximate surface area is 105 Å². The number of aromatic nitrogens is 1. The van der Waals surface area contributed by atoms with Crippen molar-refractivity contribution in [2.45, 2.75) is 13.5 Å². The van der Waals surface area contributed by atoms with Gasteiger partial charge in [-0.25, -0.2) is 0 Å². The van der Waals surface area contributed by atoms with Crippen molar-refractivity contribution in [1.82, 2.24) is 10.3 Å². The molecule has 1 heterocycles. The lowest BCUT2D eigenvalue weighted by molar-refractivity contribution is 0.0947. The molecule has 0 unspecified atom stereocenters. The molecule has 0 radical (unpaired) electrons. The smallest absolute Gasteiger partial charge is 0.255 e. The van der Waals surface area contributed by atoms with Crippen LogP contribution in [0.4, 0.5) is 0 Å². The van der Waals surface area contributed by atoms with Crippen LogP contribution in [-0.2, 0) is 6.54 Å². The van der Waals surface area contributed by atoms with Gasteiger partial charge < -0.3 is 10.4 Å². The van der Waals surface area contributed by atoms with E-state index in [4.69, 9.17) is 0 Å². The first-order chi connectivity index (χ1) is 8.68. The van der Waals surface area contributed by atoms with Gasteiger partial charge in [0.15, 0.2) is 0 Å². The summed E-state index contributed by atoms with van der Waals surface area (Å²) in [7, 11) is 0. The molecule has 0 saturated heterocycles. The largest absolute Gasteiger partial charge is 0.507 e. The van der Waals surface area contributed by atoms with E-state index in [0.717, 1.165) is 11.3 Å². The van der Waals surface area contributed by atoms with Crippen molar-refractivity contribution in [1.29, 1.82) is 0 Å². The predicted octanol–water partition coefficient (Wildman–Crippen LogP) is 2.03. The normalized spacial score (nSPS) is 10.1. The van der Waals surface area contributed by atoms with Crippen LogP contribution in [0.2, 0.25) is 0 Å². The fraction of sp³-hybridized carbons (Fsp3) is 0.143. The number of benzene rings is 1. The number of para-hydroxylation sites is 1. The molecule has 1 amide bonds. The van der Waals surface area contributed by atoms with E-state index in [1.165, 1.54) is 6.07 Å². The summed E-state index contributed by atoms with van der Waals surface area (Å²) in [6.07, 6.45) is 1.69. The van der Waals surface area contributed by atoms with Gasteiger partial charge in [-0.05, 0) is 30.7 Å². The third kappa shape index (κ3) is 2.66. The zero-order valence-electron chi connectivity index (χ0n) is 10.1. The van der Waals surface area contributed by atoms with Gasteiger partial charge in [0, 0.05) is 6.20 Å². The highest BCUT2D eigenvalue weighted by Gasteiger charge is 2.10. The summed E-state index contributed by atoms with van der Waals surface area (Å²) in [4.78, 5) is 16.0. The van der Waals surface area contributed by atoms with Gasteiger partial charge in [-0.15, -0.1) is 0 Å². The standard InChI is InChI=1S/C14H14N2O2/c1-10-5-4-8-15-12(10)9-16-14(18)11-6-2-3-7-13(11)17/h2-8,17H,9H2,1H3,(H,16,18). The van der Waals surface area contributed by atoms with Crippen molar-refractivity contribution in [2.75, 3.05) is 0 Å². The molecule has 1 aromatic heterocycles. The summed E-state index contributed by atoms with van der Waals surface area (Å²) >= 11 is 0. The number of nitrogens with one attached hydrogen (secondary N) is 1. The number of rotatable bonds is 3. The number of hydrogen-bond acceptors (Lipinski definition) is 3. The average molecular weight is 242 g/mol. The van der Waals surface area contributed by atoms with Crippen molar-refractivity contribution in [3.8, 4) is 5.75 Å². The van der Waals surface area contributed by atoms with Gasteiger partial charge in [-0.3, -0.25) is 9.78 Å². The molecule has 92 valence electrons. The van der Waals surface area contributed by atoms with Gasteiger partial charge >= 0.3 is 0 Å². The molecular weight excluding hydrogens is 228 g/mol. The molecule has 0 atom stereocenters. The van der Waals surface area contributed by atoms with Crippen LogP contribution in [0.25, 0.3) is 0 Å². The molecule has 0 saturated carbocycles. The number of hydrogen-bond donors (Lipinski definition) is 2. The van der Waals surface area contributed by atoms with Crippen molar-refractivity contribution < 1.29 is 9.90 Å². The third-order valence-corrected chi connectivity index (χ3v) is 2.68. The molecule has 0 fully saturated rings. The maximum absolute atomic E-state index is 11.9. The Hall–Kier alpha value is -2.36. The molecule has 0 aliphatic rings. The lowest BCUT2D eigenvalue weighted by atomic mass is 10.2. The average Bonchev–Trinajstić information content (AvgIpc) is 2.38. The van der Waals surface area contributed by atoms with Crippen LogP contribution in [0.1, 0.15) is 21.6 Å². The Bertz CT molecular complexity index is 567. The van der Waals surface area contributed by atoms with E-state index in [-0.39, 0.29) is 17.2 Å². The van der Waals surface area contributed by atoms with E-state index in [2.05, 4.69) is 10.3 Å². The van der Waals surface area contributed by atoms with Gasteiger partial charge in [0.25, 0.3) is 5.91 Å². The zero-order valence-corrected chi connectivity index (χ0v) is 10.1. The van der Waals surface area contributed by atoms with E-state index in [0.29, 0.717) is 6.54 Å². The van der Waals surface area contributed by atoms with Gasteiger partial charge in [-0.1, -0.05) is 18.2 Å². The highest BCUT2D eigenvalue weighted by atomic mass is 16.3. The summed E-state index contributed by atoms with van der Waals surface area (Å²) in [6, 6.07) is 10.2. The number of nitrogens with zero attached hydrogens (tertiary/aromatic N) is 1. The number of aromatic hydroxyl groups is 1. The van der Waals surface area contributed by atoms with E-state index in [1.54, 1.807) is 24.4 Å². The number of amides is 1. The number of aryl methyl sites for hydroxylation is 1. The van der Waals surface area contributed by atoms with Crippen LogP contribution in [0.5, 0.6) is 5.75 Å². The van der Waals surface area contributed by atoms with E-state index in [1.807, 2.05) is 19.1 Å². The maximum atomic E-state index is 11.9. The highest BCUT2D eigenvalue weighted by Crippen LogP contribution is 2.15. The Morgan fingerprint density at radius 1 is 1.28 bits per heavy atom. The van der Waals surface area contributed by atoms with Crippen LogP contribution in [0, 0.1) is 6.92 Å². The summed E-state index contributed by atoms with van der Waals surface area (Å²) in [6.45, 7) is 2.29. The second-order valence-corrected chi connectivity index (χ2v) is 3.97. The molecule has 0 aliphatic heterocycles. The summed E-state index contributed by atoms with van der Waals surface area (Å²) in [5, 5.41) is 12.3. The highest BCUT2D eigenvalue weighted by molar-refractivity contribution is 5.96. The van der Waals surface area contributed by atoms with Gasteiger partial charge in [-0.2, -0.15) is 0 Å². The second-order valence-electron chi connectivity index (χ2n) is 3.97. The number of carbonyl (C=O) groups excluding carboxylic acids is 1. The van der Waals surface area contributed by atoms with Crippen molar-refractivity contribution in [3.63, 3.8) is 0 Å². The fourth-order valence-electron chi connectivity index (χ4n) is 1.63. The molecular formula is C14H14N2O2. The molecule has 1 aromatic carbocycles. The Kier molecular flexibility index (Phi) is 3.57. The van der Waals surface area contributed by atoms with Crippen LogP contribution in [-0.4, -0.2) is 16.0 Å². The first kappa shape index (κ1) is 12.1. The summed E-state index contributed by atoms with van der Waals surface area (Å²) in [5.41, 5.74) is 2.11. The Morgan fingerprint density at radius 2 is 2.06 bits per heavy atom. The lowest BCUT2D eigenvalue weighted by Crippen LogP contribution is -2.23. The molecule has 2 N–H and O–H groups in total. The number of phenolic OH excluding ortho intramolecular Hbond substituents is 1. The van der Waals surface area contributed by atoms with E-state index in [9.17, 15) is 9.90 Å². The zero-order chi connectivity index (χ0) is 13.0. The van der Waals surface area contributed by atoms with Crippen molar-refractivity contribution in [2.24, 2.45) is 0 Å². The first-order valence-electron chi connectivity index (χ1n) is 5.65. The van der Waals surface area contributed by atoms with Crippen molar-refractivity contribution >= 4 is 5.91 Å². The van der Waals surface area contributed by atoms with Gasteiger partial charge in [0.05, 0.1) is 17.8 Å². The van der Waals surface area contributed by atoms with Crippen LogP contribution in [0.3, 0.4) is 0 Å². The first-order valence-corrected chi connectivity index (χ1v) is 5.65. The molecule has 0 aliphatic carbocycles. The monoisotopic (exact) mass is 242 g/mol. The number of pyridine rings is 1. The summed E-state index contributed by atoms with van der Waals surface area (Å²) in [5.74, 6) is -0.328. The van der Waals surface area contributed by atoms with E-state index < -0.39 is 0 Å². The number of carbonyl (C=O) groups is 1. The fourth-order valence-corrected chi connectivity index (χ4v) is 1.63. The Morgan fingerprint density at radius 3 is 2.78 bits per heavy atom. The predicted molar refractivity (Wildman–Crippen MR) is 68.3 cm³/mol. The second kappa shape index (κ2) is 5.31. The quantitative estimate of drug-likeness (QED) is 0.865. The van der Waals surface area contributed by atoms with Gasteiger partial charge in [0.2, 0.25) is 0 Å². The lowest BCUT2D eigenvalue weighted by Gasteiger charge is -2.07. The Balaban J connectivity index is 2.06. The topological polar surface area (TPSA) is 62.2 Å². The summed E-state index contributed by atoms with van der Waals surface area (Å²) < 4.78 is 0. The molecule has 2 aromatic rings. The number of phenols is 1. The van der Waals surface area contributed by atoms with Crippen LogP contribution in [0.15, 0.2) is 42.6 Å². The SMILES string of the molecule is Cc1cccnc1CNC(=O)c1ccccc1O. The molecule has 4 heteroatoms. The molecule has 4 nitrogen and oxygen atoms in total. The van der Waals surface area contributed by atoms with Crippen LogP contribution >= 0.6 is 0 Å². The van der Waals surface area contributed by atoms with E-state index >= 15 is 0 Å². The molecule has 18 heavy (non-hydrogen) atoms. The van der Waals surface area contributed by atoms with Crippen molar-refractivity contribution in [3.05, 3.63) is 59.4 Å². The minimum absolute atomic E-state index is 0.0206. The minimum atomic E-state index is -0.307. The maximum Gasteiger partial charge on any atom is 0.255 e. The van der Waals surface area contributed by atoms with Crippen LogP contribution < -0.4 is 5.32 Å². The molecule has 0 spiro atoms. The third-order valence-electron chi connectivity index (χ3n) is 2.68. The molecule has 2 rings (SSSR count).